The largest absolute Gasteiger partial charge is 0.360 e. The van der Waals surface area contributed by atoms with Crippen molar-refractivity contribution in [3.05, 3.63) is 137 Å². The number of nitrogens with zero attached hydrogens (tertiary/aromatic N) is 4. The van der Waals surface area contributed by atoms with Gasteiger partial charge in [-0.3, -0.25) is 20.2 Å². The molecule has 1 unspecified atom stereocenters. The zero-order chi connectivity index (χ0) is 31.8. The number of nitro groups is 2. The van der Waals surface area contributed by atoms with E-state index >= 15 is 8.78 Å². The quantitative estimate of drug-likeness (QED) is 0.146. The average molecular weight is 654 g/mol. The predicted octanol–water partition coefficient (Wildman–Crippen LogP) is 9.90. The Morgan fingerprint density at radius 3 is 1.71 bits per heavy atom. The van der Waals surface area contributed by atoms with Gasteiger partial charge in [-0.15, -0.1) is 0 Å². The Kier molecular flexibility index (Phi) is 8.61. The van der Waals surface area contributed by atoms with Crippen LogP contribution in [0.1, 0.15) is 66.9 Å². The molecule has 45 heavy (non-hydrogen) atoms. The van der Waals surface area contributed by atoms with Gasteiger partial charge < -0.3 is 9.80 Å². The first kappa shape index (κ1) is 30.7. The molecule has 12 heteroatoms. The normalized spacial score (nSPS) is 20.0. The van der Waals surface area contributed by atoms with Gasteiger partial charge in [0.15, 0.2) is 11.6 Å². The molecule has 4 aromatic carbocycles. The van der Waals surface area contributed by atoms with Crippen molar-refractivity contribution in [3.8, 4) is 0 Å². The van der Waals surface area contributed by atoms with Crippen molar-refractivity contribution in [1.82, 2.24) is 0 Å². The van der Waals surface area contributed by atoms with E-state index in [0.717, 1.165) is 24.8 Å². The standard InChI is InChI=1S/C33H28Cl2F2N4O4/c34-24-11-9-21(16-31(24)40(42)43)29-13-14-30(22-10-12-25(35)32(17-22)41(44)45)39(29)23-18-26(36)33(27(37)19-23)38-15-5-4-8-28(38)20-6-2-1-3-7-20/h1-3,6-7,9-12,16-19,28-30H,4-5,8,13-15H2/t28?,29-,30-/m1/s1. The van der Waals surface area contributed by atoms with E-state index < -0.39 is 33.6 Å². The van der Waals surface area contributed by atoms with Crippen LogP contribution in [0.4, 0.5) is 31.5 Å². The van der Waals surface area contributed by atoms with Gasteiger partial charge in [0.25, 0.3) is 11.4 Å². The van der Waals surface area contributed by atoms with Crippen molar-refractivity contribution < 1.29 is 18.6 Å². The van der Waals surface area contributed by atoms with E-state index in [2.05, 4.69) is 0 Å². The molecule has 0 bridgehead atoms. The highest BCUT2D eigenvalue weighted by atomic mass is 35.5. The Labute approximate surface area is 268 Å². The molecular weight excluding hydrogens is 625 g/mol. The molecule has 2 aliphatic heterocycles. The van der Waals surface area contributed by atoms with Crippen molar-refractivity contribution >= 4 is 46.0 Å². The number of nitro benzene ring substituents is 2. The Hall–Kier alpha value is -4.28. The minimum Gasteiger partial charge on any atom is -0.360 e. The van der Waals surface area contributed by atoms with Crippen molar-refractivity contribution in [2.24, 2.45) is 0 Å². The van der Waals surface area contributed by atoms with Crippen LogP contribution in [0.25, 0.3) is 0 Å². The third-order valence-corrected chi connectivity index (χ3v) is 9.40. The Bertz CT molecular complexity index is 1680. The molecule has 232 valence electrons. The molecular formula is C33H28Cl2F2N4O4. The molecule has 2 heterocycles. The van der Waals surface area contributed by atoms with Crippen molar-refractivity contribution in [2.75, 3.05) is 16.3 Å². The number of hydrogen-bond acceptors (Lipinski definition) is 6. The molecule has 2 fully saturated rings. The maximum Gasteiger partial charge on any atom is 0.288 e. The van der Waals surface area contributed by atoms with E-state index in [1.165, 1.54) is 36.4 Å². The highest BCUT2D eigenvalue weighted by molar-refractivity contribution is 6.33. The maximum absolute atomic E-state index is 16.2. The van der Waals surface area contributed by atoms with E-state index in [9.17, 15) is 20.2 Å². The van der Waals surface area contributed by atoms with Crippen LogP contribution in [-0.2, 0) is 0 Å². The number of halogens is 4. The molecule has 6 rings (SSSR count). The zero-order valence-corrected chi connectivity index (χ0v) is 25.4. The first-order chi connectivity index (χ1) is 21.6. The fraction of sp³-hybridized carbons (Fsp3) is 0.273. The minimum atomic E-state index is -0.735. The van der Waals surface area contributed by atoms with Crippen LogP contribution in [0.5, 0.6) is 0 Å². The van der Waals surface area contributed by atoms with E-state index in [1.54, 1.807) is 21.9 Å². The molecule has 2 saturated heterocycles. The Balaban J connectivity index is 1.46. The lowest BCUT2D eigenvalue weighted by Crippen LogP contribution is -2.35. The van der Waals surface area contributed by atoms with Gasteiger partial charge in [0, 0.05) is 24.4 Å². The van der Waals surface area contributed by atoms with E-state index in [-0.39, 0.29) is 38.8 Å². The van der Waals surface area contributed by atoms with Crippen LogP contribution < -0.4 is 9.80 Å². The molecule has 4 aromatic rings. The SMILES string of the molecule is O=[N+]([O-])c1cc([C@H]2CC[C@H](c3ccc(Cl)c([N+](=O)[O-])c3)N2c2cc(F)c(N3CCCCC3c3ccccc3)c(F)c2)ccc1Cl. The summed E-state index contributed by atoms with van der Waals surface area (Å²) in [5, 5.41) is 23.3. The summed E-state index contributed by atoms with van der Waals surface area (Å²) in [7, 11) is 0. The molecule has 0 spiro atoms. The van der Waals surface area contributed by atoms with E-state index in [4.69, 9.17) is 23.2 Å². The molecule has 0 N–H and O–H groups in total. The second-order valence-corrected chi connectivity index (χ2v) is 12.1. The van der Waals surface area contributed by atoms with Gasteiger partial charge in [-0.2, -0.15) is 0 Å². The summed E-state index contributed by atoms with van der Waals surface area (Å²) in [4.78, 5) is 25.8. The molecule has 0 aliphatic carbocycles. The molecule has 2 aliphatic rings. The van der Waals surface area contributed by atoms with Gasteiger partial charge >= 0.3 is 0 Å². The lowest BCUT2D eigenvalue weighted by atomic mass is 9.94. The zero-order valence-electron chi connectivity index (χ0n) is 23.9. The predicted molar refractivity (Wildman–Crippen MR) is 170 cm³/mol. The summed E-state index contributed by atoms with van der Waals surface area (Å²) in [5.41, 5.74) is 1.57. The minimum absolute atomic E-state index is 0.0332. The van der Waals surface area contributed by atoms with Gasteiger partial charge in [0.2, 0.25) is 0 Å². The molecule has 0 radical (unpaired) electrons. The van der Waals surface area contributed by atoms with Gasteiger partial charge in [-0.25, -0.2) is 8.78 Å². The van der Waals surface area contributed by atoms with Crippen LogP contribution in [0.3, 0.4) is 0 Å². The summed E-state index contributed by atoms with van der Waals surface area (Å²) in [5.74, 6) is -1.47. The number of piperidine rings is 1. The Morgan fingerprint density at radius 1 is 0.667 bits per heavy atom. The van der Waals surface area contributed by atoms with E-state index in [1.807, 2.05) is 30.3 Å². The number of benzene rings is 4. The molecule has 0 aromatic heterocycles. The number of anilines is 2. The highest BCUT2D eigenvalue weighted by Crippen LogP contribution is 2.50. The summed E-state index contributed by atoms with van der Waals surface area (Å²) in [6, 6.07) is 19.8. The average Bonchev–Trinajstić information content (AvgIpc) is 3.47. The van der Waals surface area contributed by atoms with Crippen LogP contribution in [0.2, 0.25) is 10.0 Å². The van der Waals surface area contributed by atoms with Gasteiger partial charge in [-0.05, 0) is 73.1 Å². The van der Waals surface area contributed by atoms with Crippen molar-refractivity contribution in [3.63, 3.8) is 0 Å². The maximum atomic E-state index is 16.2. The molecule has 8 nitrogen and oxygen atoms in total. The number of hydrogen-bond donors (Lipinski definition) is 0. The van der Waals surface area contributed by atoms with Crippen molar-refractivity contribution in [2.45, 2.75) is 50.2 Å². The monoisotopic (exact) mass is 652 g/mol. The van der Waals surface area contributed by atoms with Crippen LogP contribution in [0.15, 0.2) is 78.9 Å². The van der Waals surface area contributed by atoms with Gasteiger partial charge in [-0.1, -0.05) is 65.7 Å². The van der Waals surface area contributed by atoms with Gasteiger partial charge in [0.05, 0.1) is 28.0 Å². The molecule has 0 saturated carbocycles. The van der Waals surface area contributed by atoms with Crippen LogP contribution in [-0.4, -0.2) is 16.4 Å². The molecule has 3 atom stereocenters. The first-order valence-corrected chi connectivity index (χ1v) is 15.4. The van der Waals surface area contributed by atoms with Gasteiger partial charge in [0.1, 0.15) is 15.7 Å². The van der Waals surface area contributed by atoms with Crippen molar-refractivity contribution in [1.29, 1.82) is 0 Å². The topological polar surface area (TPSA) is 92.8 Å². The lowest BCUT2D eigenvalue weighted by molar-refractivity contribution is -0.384. The summed E-state index contributed by atoms with van der Waals surface area (Å²) in [6.07, 6.45) is 3.39. The van der Waals surface area contributed by atoms with Crippen LogP contribution >= 0.6 is 23.2 Å². The second kappa shape index (κ2) is 12.6. The fourth-order valence-corrected chi connectivity index (χ4v) is 7.15. The lowest BCUT2D eigenvalue weighted by Gasteiger charge is -2.39. The van der Waals surface area contributed by atoms with Crippen LogP contribution in [0, 0.1) is 31.9 Å². The number of rotatable bonds is 7. The smallest absolute Gasteiger partial charge is 0.288 e. The summed E-state index contributed by atoms with van der Waals surface area (Å²) in [6.45, 7) is 0.491. The summed E-state index contributed by atoms with van der Waals surface area (Å²) < 4.78 is 32.4. The second-order valence-electron chi connectivity index (χ2n) is 11.3. The third-order valence-electron chi connectivity index (χ3n) is 8.76. The highest BCUT2D eigenvalue weighted by Gasteiger charge is 2.39. The fourth-order valence-electron chi connectivity index (χ4n) is 6.78. The Morgan fingerprint density at radius 2 is 1.20 bits per heavy atom. The van der Waals surface area contributed by atoms with E-state index in [0.29, 0.717) is 30.5 Å². The molecule has 0 amide bonds. The first-order valence-electron chi connectivity index (χ1n) is 14.6. The third kappa shape index (κ3) is 5.92. The summed E-state index contributed by atoms with van der Waals surface area (Å²) >= 11 is 12.2.